The second kappa shape index (κ2) is 6.43. The topological polar surface area (TPSA) is 89.2 Å². The Hall–Kier alpha value is -2.34. The van der Waals surface area contributed by atoms with E-state index < -0.39 is 32.6 Å². The molecule has 3 rings (SSSR count). The molecule has 0 aliphatic rings. The van der Waals surface area contributed by atoms with E-state index in [4.69, 9.17) is 0 Å². The normalized spacial score (nSPS) is 12.5. The van der Waals surface area contributed by atoms with E-state index in [1.165, 1.54) is 28.4 Å². The van der Waals surface area contributed by atoms with Crippen LogP contribution in [0, 0.1) is 6.92 Å². The average molecular weight is 403 g/mol. The minimum Gasteiger partial charge on any atom is -0.276 e. The van der Waals surface area contributed by atoms with E-state index in [0.717, 1.165) is 12.1 Å². The Labute approximate surface area is 150 Å². The smallest absolute Gasteiger partial charge is 0.276 e. The molecular weight excluding hydrogens is 391 g/mol. The molecule has 0 spiro atoms. The molecule has 3 aromatic rings. The van der Waals surface area contributed by atoms with Crippen molar-refractivity contribution in [1.29, 1.82) is 0 Å². The standard InChI is InChI=1S/C14H12F3N5O2S2/c1-8-7-11(25-2)22-12(18-8)19-13(20-22)26(23,24)21-10-6-4-3-5-9(10)14(15,16)17/h3-7,21H,1-2H3. The monoisotopic (exact) mass is 403 g/mol. The van der Waals surface area contributed by atoms with Crippen LogP contribution in [0.4, 0.5) is 18.9 Å². The van der Waals surface area contributed by atoms with Gasteiger partial charge in [-0.2, -0.15) is 31.1 Å². The molecule has 0 bridgehead atoms. The maximum Gasteiger partial charge on any atom is 0.418 e. The van der Waals surface area contributed by atoms with Gasteiger partial charge in [0.25, 0.3) is 21.0 Å². The van der Waals surface area contributed by atoms with Gasteiger partial charge < -0.3 is 0 Å². The van der Waals surface area contributed by atoms with E-state index >= 15 is 0 Å². The number of hydrogen-bond acceptors (Lipinski definition) is 6. The van der Waals surface area contributed by atoms with Crippen molar-refractivity contribution >= 4 is 33.3 Å². The number of anilines is 1. The summed E-state index contributed by atoms with van der Waals surface area (Å²) in [5, 5.41) is 3.81. The molecule has 0 unspecified atom stereocenters. The van der Waals surface area contributed by atoms with Gasteiger partial charge in [0.05, 0.1) is 11.3 Å². The molecule has 0 aliphatic heterocycles. The fourth-order valence-electron chi connectivity index (χ4n) is 2.20. The third-order valence-electron chi connectivity index (χ3n) is 3.31. The fourth-order valence-corrected chi connectivity index (χ4v) is 3.74. The van der Waals surface area contributed by atoms with Crippen LogP contribution < -0.4 is 4.72 Å². The summed E-state index contributed by atoms with van der Waals surface area (Å²) in [5.41, 5.74) is -1.10. The first-order valence-electron chi connectivity index (χ1n) is 7.09. The second-order valence-corrected chi connectivity index (χ2v) is 7.60. The molecule has 0 saturated carbocycles. The van der Waals surface area contributed by atoms with Crippen molar-refractivity contribution in [2.45, 2.75) is 23.3 Å². The Morgan fingerprint density at radius 1 is 1.19 bits per heavy atom. The molecular formula is C14H12F3N5O2S2. The second-order valence-electron chi connectivity index (χ2n) is 5.19. The zero-order chi connectivity index (χ0) is 19.1. The highest BCUT2D eigenvalue weighted by Crippen LogP contribution is 2.35. The number of nitrogens with one attached hydrogen (secondary N) is 1. The van der Waals surface area contributed by atoms with Gasteiger partial charge in [-0.15, -0.1) is 16.9 Å². The first-order chi connectivity index (χ1) is 12.1. The largest absolute Gasteiger partial charge is 0.418 e. The third-order valence-corrected chi connectivity index (χ3v) is 5.17. The van der Waals surface area contributed by atoms with Crippen LogP contribution in [-0.4, -0.2) is 34.3 Å². The molecule has 0 fully saturated rings. The molecule has 2 heterocycles. The van der Waals surface area contributed by atoms with Crippen LogP contribution >= 0.6 is 11.8 Å². The van der Waals surface area contributed by atoms with Crippen molar-refractivity contribution in [1.82, 2.24) is 19.6 Å². The molecule has 7 nitrogen and oxygen atoms in total. The van der Waals surface area contributed by atoms with Crippen molar-refractivity contribution in [3.05, 3.63) is 41.6 Å². The highest BCUT2D eigenvalue weighted by molar-refractivity contribution is 7.98. The number of fused-ring (bicyclic) bond motifs is 1. The molecule has 0 aliphatic carbocycles. The highest BCUT2D eigenvalue weighted by atomic mass is 32.2. The number of halogens is 3. The van der Waals surface area contributed by atoms with Crippen LogP contribution in [0.3, 0.4) is 0 Å². The number of rotatable bonds is 4. The van der Waals surface area contributed by atoms with Gasteiger partial charge in [-0.25, -0.2) is 4.98 Å². The van der Waals surface area contributed by atoms with Gasteiger partial charge in [-0.3, -0.25) is 4.72 Å². The summed E-state index contributed by atoms with van der Waals surface area (Å²) in [6.07, 6.45) is -2.95. The molecule has 2 aromatic heterocycles. The zero-order valence-corrected chi connectivity index (χ0v) is 15.1. The van der Waals surface area contributed by atoms with E-state index in [1.54, 1.807) is 19.2 Å². The number of nitrogens with zero attached hydrogens (tertiary/aromatic N) is 4. The van der Waals surface area contributed by atoms with Crippen LogP contribution in [-0.2, 0) is 16.2 Å². The lowest BCUT2D eigenvalue weighted by Gasteiger charge is -2.13. The molecule has 1 aromatic carbocycles. The molecule has 0 atom stereocenters. The van der Waals surface area contributed by atoms with Crippen LogP contribution in [0.25, 0.3) is 5.78 Å². The van der Waals surface area contributed by atoms with Gasteiger partial charge >= 0.3 is 6.18 Å². The minimum absolute atomic E-state index is 0.0406. The number of benzene rings is 1. The summed E-state index contributed by atoms with van der Waals surface area (Å²) < 4.78 is 67.3. The highest BCUT2D eigenvalue weighted by Gasteiger charge is 2.35. The zero-order valence-electron chi connectivity index (χ0n) is 13.4. The van der Waals surface area contributed by atoms with Crippen LogP contribution in [0.1, 0.15) is 11.3 Å². The lowest BCUT2D eigenvalue weighted by atomic mass is 10.2. The Morgan fingerprint density at radius 2 is 1.88 bits per heavy atom. The summed E-state index contributed by atoms with van der Waals surface area (Å²) in [6, 6.07) is 5.95. The SMILES string of the molecule is CSc1cc(C)nc2nc(S(=O)(=O)Nc3ccccc3C(F)(F)F)nn12. The maximum absolute atomic E-state index is 13.1. The summed E-state index contributed by atoms with van der Waals surface area (Å²) in [7, 11) is -4.44. The molecule has 0 amide bonds. The van der Waals surface area contributed by atoms with E-state index in [9.17, 15) is 21.6 Å². The first kappa shape index (κ1) is 18.5. The molecule has 0 saturated heterocycles. The number of alkyl halides is 3. The van der Waals surface area contributed by atoms with E-state index in [0.29, 0.717) is 10.7 Å². The minimum atomic E-state index is -4.71. The van der Waals surface area contributed by atoms with Crippen molar-refractivity contribution in [3.8, 4) is 0 Å². The van der Waals surface area contributed by atoms with Gasteiger partial charge in [0.15, 0.2) is 0 Å². The Kier molecular flexibility index (Phi) is 4.56. The lowest BCUT2D eigenvalue weighted by molar-refractivity contribution is -0.136. The Bertz CT molecular complexity index is 1080. The number of hydrogen-bond donors (Lipinski definition) is 1. The van der Waals surface area contributed by atoms with Gasteiger partial charge in [0.2, 0.25) is 0 Å². The third kappa shape index (κ3) is 3.46. The summed E-state index contributed by atoms with van der Waals surface area (Å²) in [5.74, 6) is 0.0406. The lowest BCUT2D eigenvalue weighted by Crippen LogP contribution is -2.18. The van der Waals surface area contributed by atoms with Gasteiger partial charge in [0.1, 0.15) is 5.03 Å². The predicted molar refractivity (Wildman–Crippen MR) is 89.6 cm³/mol. The molecule has 1 N–H and O–H groups in total. The summed E-state index contributed by atoms with van der Waals surface area (Å²) >= 11 is 1.30. The predicted octanol–water partition coefficient (Wildman–Crippen LogP) is 2.97. The quantitative estimate of drug-likeness (QED) is 0.532. The van der Waals surface area contributed by atoms with Crippen LogP contribution in [0.5, 0.6) is 0 Å². The number of aromatic nitrogens is 4. The molecule has 0 radical (unpaired) electrons. The van der Waals surface area contributed by atoms with Crippen LogP contribution in [0.15, 0.2) is 40.5 Å². The molecule has 12 heteroatoms. The number of sulfonamides is 1. The first-order valence-corrected chi connectivity index (χ1v) is 9.80. The number of thioether (sulfide) groups is 1. The van der Waals surface area contributed by atoms with Crippen molar-refractivity contribution in [3.63, 3.8) is 0 Å². The molecule has 138 valence electrons. The Balaban J connectivity index is 2.06. The van der Waals surface area contributed by atoms with E-state index in [1.807, 2.05) is 4.72 Å². The Morgan fingerprint density at radius 3 is 2.54 bits per heavy atom. The van der Waals surface area contributed by atoms with Crippen LogP contribution in [0.2, 0.25) is 0 Å². The van der Waals surface area contributed by atoms with Crippen molar-refractivity contribution < 1.29 is 21.6 Å². The summed E-state index contributed by atoms with van der Waals surface area (Å²) in [4.78, 5) is 7.92. The van der Waals surface area contributed by atoms with Crippen molar-refractivity contribution in [2.75, 3.05) is 11.0 Å². The fraction of sp³-hybridized carbons (Fsp3) is 0.214. The van der Waals surface area contributed by atoms with E-state index in [2.05, 4.69) is 15.1 Å². The summed E-state index contributed by atoms with van der Waals surface area (Å²) in [6.45, 7) is 1.71. The number of para-hydroxylation sites is 1. The van der Waals surface area contributed by atoms with Gasteiger partial charge in [-0.1, -0.05) is 12.1 Å². The maximum atomic E-state index is 13.1. The van der Waals surface area contributed by atoms with Crippen molar-refractivity contribution in [2.24, 2.45) is 0 Å². The van der Waals surface area contributed by atoms with Gasteiger partial charge in [-0.05, 0) is 31.4 Å². The number of aryl methyl sites for hydroxylation is 1. The average Bonchev–Trinajstić information content (AvgIpc) is 2.98. The van der Waals surface area contributed by atoms with Gasteiger partial charge in [0, 0.05) is 5.69 Å². The van der Waals surface area contributed by atoms with E-state index in [-0.39, 0.29) is 5.78 Å². The molecule has 26 heavy (non-hydrogen) atoms.